The standard InChI is InChI=1S/C24H28N4O3/c1-17-4-3-13-28(14-17)15-19-5-9-21(10-6-19)26-24(29)20-7-11-22(12-8-20)30-16-23-25-18(2)31-27-23/h5-12,17H,3-4,13-16H2,1-2H3,(H,26,29). The molecular weight excluding hydrogens is 392 g/mol. The summed E-state index contributed by atoms with van der Waals surface area (Å²) >= 11 is 0. The van der Waals surface area contributed by atoms with Gasteiger partial charge in [0.15, 0.2) is 6.61 Å². The van der Waals surface area contributed by atoms with Crippen LogP contribution in [-0.4, -0.2) is 34.0 Å². The first-order valence-corrected chi connectivity index (χ1v) is 10.7. The molecule has 162 valence electrons. The Labute approximate surface area is 182 Å². The number of carbonyl (C=O) groups is 1. The lowest BCUT2D eigenvalue weighted by atomic mass is 10.00. The third-order valence-electron chi connectivity index (χ3n) is 5.41. The van der Waals surface area contributed by atoms with E-state index in [0.29, 0.717) is 23.0 Å². The van der Waals surface area contributed by atoms with Gasteiger partial charge in [0.2, 0.25) is 11.7 Å². The van der Waals surface area contributed by atoms with E-state index in [4.69, 9.17) is 9.26 Å². The lowest BCUT2D eigenvalue weighted by Crippen LogP contribution is -2.33. The first-order valence-electron chi connectivity index (χ1n) is 10.7. The van der Waals surface area contributed by atoms with Crippen molar-refractivity contribution in [3.05, 3.63) is 71.4 Å². The van der Waals surface area contributed by atoms with Crippen molar-refractivity contribution in [2.75, 3.05) is 18.4 Å². The molecular formula is C24H28N4O3. The largest absolute Gasteiger partial charge is 0.485 e. The molecule has 1 saturated heterocycles. The summed E-state index contributed by atoms with van der Waals surface area (Å²) in [4.78, 5) is 19.1. The number of benzene rings is 2. The van der Waals surface area contributed by atoms with Crippen LogP contribution in [0, 0.1) is 12.8 Å². The van der Waals surface area contributed by atoms with E-state index in [2.05, 4.69) is 39.4 Å². The van der Waals surface area contributed by atoms with Crippen molar-refractivity contribution in [2.24, 2.45) is 5.92 Å². The number of nitrogens with zero attached hydrogens (tertiary/aromatic N) is 3. The molecule has 0 radical (unpaired) electrons. The number of aryl methyl sites for hydroxylation is 1. The van der Waals surface area contributed by atoms with E-state index < -0.39 is 0 Å². The monoisotopic (exact) mass is 420 g/mol. The number of anilines is 1. The van der Waals surface area contributed by atoms with Crippen LogP contribution in [0.4, 0.5) is 5.69 Å². The quantitative estimate of drug-likeness (QED) is 0.609. The number of piperidine rings is 1. The maximum atomic E-state index is 12.6. The van der Waals surface area contributed by atoms with Gasteiger partial charge in [-0.3, -0.25) is 9.69 Å². The summed E-state index contributed by atoms with van der Waals surface area (Å²) in [7, 11) is 0. The second-order valence-corrected chi connectivity index (χ2v) is 8.18. The highest BCUT2D eigenvalue weighted by molar-refractivity contribution is 6.04. The molecule has 0 bridgehead atoms. The van der Waals surface area contributed by atoms with Crippen molar-refractivity contribution < 1.29 is 14.1 Å². The number of hydrogen-bond acceptors (Lipinski definition) is 6. The molecule has 0 aliphatic carbocycles. The number of rotatable bonds is 7. The van der Waals surface area contributed by atoms with Gasteiger partial charge in [0.05, 0.1) is 0 Å². The van der Waals surface area contributed by atoms with Crippen molar-refractivity contribution in [1.29, 1.82) is 0 Å². The Bertz CT molecular complexity index is 998. The smallest absolute Gasteiger partial charge is 0.255 e. The Balaban J connectivity index is 1.28. The third kappa shape index (κ3) is 5.92. The number of carbonyl (C=O) groups excluding carboxylic acids is 1. The third-order valence-corrected chi connectivity index (χ3v) is 5.41. The molecule has 31 heavy (non-hydrogen) atoms. The van der Waals surface area contributed by atoms with Crippen molar-refractivity contribution in [3.8, 4) is 5.75 Å². The molecule has 4 rings (SSSR count). The van der Waals surface area contributed by atoms with Gasteiger partial charge in [-0.2, -0.15) is 4.98 Å². The maximum absolute atomic E-state index is 12.6. The molecule has 2 heterocycles. The molecule has 2 aromatic carbocycles. The van der Waals surface area contributed by atoms with Gasteiger partial charge >= 0.3 is 0 Å². The van der Waals surface area contributed by atoms with Crippen molar-refractivity contribution >= 4 is 11.6 Å². The molecule has 7 nitrogen and oxygen atoms in total. The molecule has 1 atom stereocenters. The normalized spacial score (nSPS) is 16.8. The second kappa shape index (κ2) is 9.75. The summed E-state index contributed by atoms with van der Waals surface area (Å²) in [6, 6.07) is 15.1. The minimum Gasteiger partial charge on any atom is -0.485 e. The number of ether oxygens (including phenoxy) is 1. The van der Waals surface area contributed by atoms with Crippen LogP contribution in [0.5, 0.6) is 5.75 Å². The van der Waals surface area contributed by atoms with Gasteiger partial charge in [0.25, 0.3) is 5.91 Å². The van der Waals surface area contributed by atoms with Gasteiger partial charge in [0, 0.05) is 31.3 Å². The molecule has 1 aromatic heterocycles. The van der Waals surface area contributed by atoms with Crippen LogP contribution in [0.2, 0.25) is 0 Å². The number of amides is 1. The lowest BCUT2D eigenvalue weighted by Gasteiger charge is -2.30. The first kappa shape index (κ1) is 21.1. The zero-order valence-electron chi connectivity index (χ0n) is 18.0. The lowest BCUT2D eigenvalue weighted by molar-refractivity contribution is 0.102. The van der Waals surface area contributed by atoms with Crippen LogP contribution in [0.15, 0.2) is 53.1 Å². The predicted molar refractivity (Wildman–Crippen MR) is 118 cm³/mol. The van der Waals surface area contributed by atoms with E-state index in [1.54, 1.807) is 31.2 Å². The van der Waals surface area contributed by atoms with Crippen LogP contribution in [-0.2, 0) is 13.2 Å². The summed E-state index contributed by atoms with van der Waals surface area (Å²) in [5.41, 5.74) is 2.62. The van der Waals surface area contributed by atoms with E-state index in [1.165, 1.54) is 18.4 Å². The van der Waals surface area contributed by atoms with Gasteiger partial charge in [-0.1, -0.05) is 24.2 Å². The summed E-state index contributed by atoms with van der Waals surface area (Å²) in [5, 5.41) is 6.74. The van der Waals surface area contributed by atoms with E-state index in [9.17, 15) is 4.79 Å². The van der Waals surface area contributed by atoms with E-state index in [0.717, 1.165) is 31.2 Å². The summed E-state index contributed by atoms with van der Waals surface area (Å²) < 4.78 is 10.5. The van der Waals surface area contributed by atoms with Crippen molar-refractivity contribution in [3.63, 3.8) is 0 Å². The number of likely N-dealkylation sites (tertiary alicyclic amines) is 1. The fourth-order valence-electron chi connectivity index (χ4n) is 3.84. The van der Waals surface area contributed by atoms with Crippen LogP contribution in [0.1, 0.15) is 47.4 Å². The van der Waals surface area contributed by atoms with Gasteiger partial charge in [-0.15, -0.1) is 0 Å². The van der Waals surface area contributed by atoms with E-state index >= 15 is 0 Å². The maximum Gasteiger partial charge on any atom is 0.255 e. The minimum atomic E-state index is -0.155. The predicted octanol–water partition coefficient (Wildman–Crippen LogP) is 4.44. The topological polar surface area (TPSA) is 80.5 Å². The fourth-order valence-corrected chi connectivity index (χ4v) is 3.84. The highest BCUT2D eigenvalue weighted by atomic mass is 16.5. The minimum absolute atomic E-state index is 0.155. The number of hydrogen-bond donors (Lipinski definition) is 1. The van der Waals surface area contributed by atoms with Crippen LogP contribution in [0.25, 0.3) is 0 Å². The molecule has 1 unspecified atom stereocenters. The molecule has 1 aliphatic rings. The second-order valence-electron chi connectivity index (χ2n) is 8.18. The zero-order chi connectivity index (χ0) is 21.6. The average Bonchev–Trinajstić information content (AvgIpc) is 3.19. The van der Waals surface area contributed by atoms with Crippen LogP contribution in [0.3, 0.4) is 0 Å². The van der Waals surface area contributed by atoms with Crippen LogP contribution >= 0.6 is 0 Å². The Morgan fingerprint density at radius 3 is 2.65 bits per heavy atom. The average molecular weight is 421 g/mol. The molecule has 1 amide bonds. The Kier molecular flexibility index (Phi) is 6.62. The van der Waals surface area contributed by atoms with Crippen molar-refractivity contribution in [2.45, 2.75) is 39.8 Å². The number of nitrogens with one attached hydrogen (secondary N) is 1. The first-order chi connectivity index (χ1) is 15.0. The van der Waals surface area contributed by atoms with E-state index in [-0.39, 0.29) is 12.5 Å². The van der Waals surface area contributed by atoms with Gasteiger partial charge in [-0.05, 0) is 67.3 Å². The summed E-state index contributed by atoms with van der Waals surface area (Å²) in [6.45, 7) is 7.55. The Morgan fingerprint density at radius 2 is 1.97 bits per heavy atom. The SMILES string of the molecule is Cc1nc(COc2ccc(C(=O)Nc3ccc(CN4CCCC(C)C4)cc3)cc2)no1. The van der Waals surface area contributed by atoms with E-state index in [1.807, 2.05) is 12.1 Å². The van der Waals surface area contributed by atoms with Gasteiger partial charge in [0.1, 0.15) is 5.75 Å². The molecule has 1 N–H and O–H groups in total. The Morgan fingerprint density at radius 1 is 1.19 bits per heavy atom. The fraction of sp³-hybridized carbons (Fsp3) is 0.375. The molecule has 0 saturated carbocycles. The molecule has 3 aromatic rings. The molecule has 0 spiro atoms. The van der Waals surface area contributed by atoms with Crippen LogP contribution < -0.4 is 10.1 Å². The molecule has 7 heteroatoms. The zero-order valence-corrected chi connectivity index (χ0v) is 18.0. The summed E-state index contributed by atoms with van der Waals surface area (Å²) in [5.74, 6) is 2.23. The number of aromatic nitrogens is 2. The van der Waals surface area contributed by atoms with Gasteiger partial charge < -0.3 is 14.6 Å². The van der Waals surface area contributed by atoms with Gasteiger partial charge in [-0.25, -0.2) is 0 Å². The highest BCUT2D eigenvalue weighted by Gasteiger charge is 2.16. The Hall–Kier alpha value is -3.19. The molecule has 1 fully saturated rings. The van der Waals surface area contributed by atoms with Crippen molar-refractivity contribution in [1.82, 2.24) is 15.0 Å². The molecule has 1 aliphatic heterocycles. The summed E-state index contributed by atoms with van der Waals surface area (Å²) in [6.07, 6.45) is 2.60. The highest BCUT2D eigenvalue weighted by Crippen LogP contribution is 2.19.